The van der Waals surface area contributed by atoms with E-state index >= 15 is 0 Å². The molecule has 0 aliphatic heterocycles. The van der Waals surface area contributed by atoms with Crippen LogP contribution in [0, 0.1) is 0 Å². The van der Waals surface area contributed by atoms with Crippen LogP contribution in [-0.4, -0.2) is 28.8 Å². The second-order valence-corrected chi connectivity index (χ2v) is 8.79. The van der Waals surface area contributed by atoms with Crippen molar-refractivity contribution in [2.75, 3.05) is 5.75 Å². The minimum Gasteiger partial charge on any atom is -0.438 e. The maximum Gasteiger partial charge on any atom is 0.237 e. The summed E-state index contributed by atoms with van der Waals surface area (Å²) < 4.78 is 31.8. The Morgan fingerprint density at radius 2 is 1.89 bits per heavy atom. The third-order valence-electron chi connectivity index (χ3n) is 4.23. The molecule has 0 unspecified atom stereocenters. The van der Waals surface area contributed by atoms with Crippen molar-refractivity contribution in [1.29, 1.82) is 0 Å². The first-order valence-corrected chi connectivity index (χ1v) is 10.6. The monoisotopic (exact) mass is 413 g/mol. The first-order valence-electron chi connectivity index (χ1n) is 8.58. The maximum absolute atomic E-state index is 12.2. The van der Waals surface area contributed by atoms with E-state index in [1.54, 1.807) is 72.2 Å². The normalized spacial score (nSPS) is 11.6. The quantitative estimate of drug-likeness (QED) is 0.476. The lowest BCUT2D eigenvalue weighted by Gasteiger charge is -2.07. The summed E-state index contributed by atoms with van der Waals surface area (Å²) in [4.78, 5) is 4.62. The van der Waals surface area contributed by atoms with Gasteiger partial charge in [0.1, 0.15) is 5.75 Å². The van der Waals surface area contributed by atoms with E-state index in [9.17, 15) is 8.42 Å². The van der Waals surface area contributed by atoms with Gasteiger partial charge in [-0.2, -0.15) is 0 Å². The second kappa shape index (κ2) is 7.26. The van der Waals surface area contributed by atoms with Gasteiger partial charge in [-0.3, -0.25) is 0 Å². The molecule has 0 bridgehead atoms. The van der Waals surface area contributed by atoms with Crippen LogP contribution < -0.4 is 4.74 Å². The highest BCUT2D eigenvalue weighted by molar-refractivity contribution is 7.91. The van der Waals surface area contributed by atoms with Crippen LogP contribution in [0.15, 0.2) is 71.8 Å². The molecule has 0 N–H and O–H groups in total. The van der Waals surface area contributed by atoms with Crippen LogP contribution in [0.25, 0.3) is 16.9 Å². The molecule has 6 nitrogen and oxygen atoms in total. The molecule has 0 atom stereocenters. The number of sulfone groups is 1. The number of halogens is 1. The molecule has 0 aliphatic carbocycles. The Morgan fingerprint density at radius 3 is 2.68 bits per heavy atom. The van der Waals surface area contributed by atoms with Crippen molar-refractivity contribution in [1.82, 2.24) is 14.6 Å². The molecule has 2 aromatic heterocycles. The van der Waals surface area contributed by atoms with Crippen LogP contribution in [-0.2, 0) is 9.84 Å². The fourth-order valence-corrected chi connectivity index (χ4v) is 3.88. The molecule has 142 valence electrons. The molecule has 0 saturated heterocycles. The van der Waals surface area contributed by atoms with Crippen LogP contribution in [0.3, 0.4) is 0 Å². The van der Waals surface area contributed by atoms with E-state index in [2.05, 4.69) is 10.1 Å². The molecule has 8 heteroatoms. The molecular weight excluding hydrogens is 398 g/mol. The largest absolute Gasteiger partial charge is 0.438 e. The van der Waals surface area contributed by atoms with E-state index in [-0.39, 0.29) is 10.6 Å². The SMILES string of the molecule is CCS(=O)(=O)c1cccc(-c2cnc3ccc(Oc4cccc(Cl)c4)nn23)c1. The van der Waals surface area contributed by atoms with Gasteiger partial charge in [0.05, 0.1) is 22.5 Å². The van der Waals surface area contributed by atoms with Crippen molar-refractivity contribution in [3.8, 4) is 22.9 Å². The van der Waals surface area contributed by atoms with Crippen LogP contribution in [0.4, 0.5) is 0 Å². The lowest BCUT2D eigenvalue weighted by atomic mass is 10.2. The first kappa shape index (κ1) is 18.5. The molecule has 0 radical (unpaired) electrons. The van der Waals surface area contributed by atoms with E-state index in [1.807, 2.05) is 6.07 Å². The molecule has 0 fully saturated rings. The Balaban J connectivity index is 1.76. The van der Waals surface area contributed by atoms with Crippen LogP contribution >= 0.6 is 11.6 Å². The Labute approximate surface area is 167 Å². The minimum atomic E-state index is -3.31. The topological polar surface area (TPSA) is 73.6 Å². The third-order valence-corrected chi connectivity index (χ3v) is 6.19. The van der Waals surface area contributed by atoms with Crippen LogP contribution in [0.1, 0.15) is 6.92 Å². The van der Waals surface area contributed by atoms with Gasteiger partial charge in [-0.1, -0.05) is 36.7 Å². The molecule has 0 amide bonds. The number of imidazole rings is 1. The van der Waals surface area contributed by atoms with Gasteiger partial charge < -0.3 is 4.74 Å². The summed E-state index contributed by atoms with van der Waals surface area (Å²) in [7, 11) is -3.31. The van der Waals surface area contributed by atoms with Crippen molar-refractivity contribution in [2.45, 2.75) is 11.8 Å². The predicted octanol–water partition coefficient (Wildman–Crippen LogP) is 4.64. The summed E-state index contributed by atoms with van der Waals surface area (Å²) in [5.41, 5.74) is 1.99. The van der Waals surface area contributed by atoms with Crippen molar-refractivity contribution in [2.24, 2.45) is 0 Å². The summed E-state index contributed by atoms with van der Waals surface area (Å²) in [5.74, 6) is 0.975. The van der Waals surface area contributed by atoms with E-state index in [4.69, 9.17) is 16.3 Å². The van der Waals surface area contributed by atoms with Gasteiger partial charge in [-0.15, -0.1) is 5.10 Å². The highest BCUT2D eigenvalue weighted by Crippen LogP contribution is 2.26. The summed E-state index contributed by atoms with van der Waals surface area (Å²) in [6.45, 7) is 1.62. The molecule has 4 aromatic rings. The molecule has 28 heavy (non-hydrogen) atoms. The fourth-order valence-electron chi connectivity index (χ4n) is 2.77. The fraction of sp³-hybridized carbons (Fsp3) is 0.100. The van der Waals surface area contributed by atoms with Crippen LogP contribution in [0.5, 0.6) is 11.6 Å². The molecule has 0 spiro atoms. The van der Waals surface area contributed by atoms with E-state index in [0.717, 1.165) is 0 Å². The zero-order valence-corrected chi connectivity index (χ0v) is 16.5. The number of nitrogens with zero attached hydrogens (tertiary/aromatic N) is 3. The number of fused-ring (bicyclic) bond motifs is 1. The summed E-state index contributed by atoms with van der Waals surface area (Å²) in [6.07, 6.45) is 1.66. The predicted molar refractivity (Wildman–Crippen MR) is 108 cm³/mol. The average molecular weight is 414 g/mol. The Hall–Kier alpha value is -2.90. The van der Waals surface area contributed by atoms with Crippen molar-refractivity contribution < 1.29 is 13.2 Å². The zero-order valence-electron chi connectivity index (χ0n) is 14.9. The smallest absolute Gasteiger partial charge is 0.237 e. The van der Waals surface area contributed by atoms with E-state index in [0.29, 0.717) is 33.6 Å². The maximum atomic E-state index is 12.2. The summed E-state index contributed by atoms with van der Waals surface area (Å²) in [6, 6.07) is 17.3. The molecule has 4 rings (SSSR count). The molecule has 0 aliphatic rings. The molecule has 2 aromatic carbocycles. The van der Waals surface area contributed by atoms with Crippen molar-refractivity contribution >= 4 is 27.1 Å². The lowest BCUT2D eigenvalue weighted by molar-refractivity contribution is 0.453. The lowest BCUT2D eigenvalue weighted by Crippen LogP contribution is -2.04. The number of benzene rings is 2. The second-order valence-electron chi connectivity index (χ2n) is 6.08. The Bertz CT molecular complexity index is 1270. The zero-order chi connectivity index (χ0) is 19.7. The van der Waals surface area contributed by atoms with Gasteiger partial charge in [-0.25, -0.2) is 17.9 Å². The van der Waals surface area contributed by atoms with Gasteiger partial charge >= 0.3 is 0 Å². The van der Waals surface area contributed by atoms with E-state index in [1.165, 1.54) is 0 Å². The number of ether oxygens (including phenoxy) is 1. The number of rotatable bonds is 5. The Kier molecular flexibility index (Phi) is 4.78. The number of hydrogen-bond acceptors (Lipinski definition) is 5. The van der Waals surface area contributed by atoms with Gasteiger partial charge in [-0.05, 0) is 36.4 Å². The van der Waals surface area contributed by atoms with Crippen molar-refractivity contribution in [3.63, 3.8) is 0 Å². The van der Waals surface area contributed by atoms with Gasteiger partial charge in [0.2, 0.25) is 5.88 Å². The average Bonchev–Trinajstić information content (AvgIpc) is 3.11. The molecule has 0 saturated carbocycles. The number of hydrogen-bond donors (Lipinski definition) is 0. The molecule has 2 heterocycles. The van der Waals surface area contributed by atoms with Gasteiger partial charge in [0, 0.05) is 16.7 Å². The number of aromatic nitrogens is 3. The standard InChI is InChI=1S/C20H16ClN3O3S/c1-2-28(25,26)17-8-3-5-14(11-17)18-13-22-19-9-10-20(23-24(18)19)27-16-7-4-6-15(21)12-16/h3-13H,2H2,1H3. The Morgan fingerprint density at radius 1 is 1.07 bits per heavy atom. The van der Waals surface area contributed by atoms with E-state index < -0.39 is 9.84 Å². The minimum absolute atomic E-state index is 0.0411. The van der Waals surface area contributed by atoms with Crippen molar-refractivity contribution in [3.05, 3.63) is 71.9 Å². The highest BCUT2D eigenvalue weighted by atomic mass is 35.5. The summed E-state index contributed by atoms with van der Waals surface area (Å²) in [5, 5.41) is 5.05. The highest BCUT2D eigenvalue weighted by Gasteiger charge is 2.15. The van der Waals surface area contributed by atoms with Crippen LogP contribution in [0.2, 0.25) is 5.02 Å². The first-order chi connectivity index (χ1) is 13.5. The third kappa shape index (κ3) is 3.58. The molecular formula is C20H16ClN3O3S. The van der Waals surface area contributed by atoms with Gasteiger partial charge in [0.15, 0.2) is 15.5 Å². The summed E-state index contributed by atoms with van der Waals surface area (Å²) >= 11 is 5.99. The van der Waals surface area contributed by atoms with Gasteiger partial charge in [0.25, 0.3) is 0 Å².